The van der Waals surface area contributed by atoms with E-state index in [4.69, 9.17) is 16.0 Å². The summed E-state index contributed by atoms with van der Waals surface area (Å²) in [6, 6.07) is 0. The number of nitrogens with one attached hydrogen (secondary N) is 1. The van der Waals surface area contributed by atoms with E-state index >= 15 is 0 Å². The predicted molar refractivity (Wildman–Crippen MR) is 71.2 cm³/mol. The fourth-order valence-corrected chi connectivity index (χ4v) is 1.96. The molecule has 1 unspecified atom stereocenters. The van der Waals surface area contributed by atoms with Gasteiger partial charge in [-0.2, -0.15) is 0 Å². The number of nitrogen functional groups attached to an aromatic ring is 1. The second-order valence-corrected chi connectivity index (χ2v) is 4.37. The molecule has 0 saturated carbocycles. The van der Waals surface area contributed by atoms with Crippen molar-refractivity contribution in [1.29, 1.82) is 0 Å². The van der Waals surface area contributed by atoms with Gasteiger partial charge in [-0.3, -0.25) is 10.1 Å². The standard InChI is InChI=1S/C9H12N8O5/c10-6-5(17(20)21)7(13-2-12-6)14-9-3(18)1-4(22-9)8(19)15-16-11/h2-4,8-9,18-19H,1H2,(H3,10,12,13,14)/t3-,4+,8?,9-/m1/s1. The molecule has 0 aliphatic carbocycles. The molecule has 0 radical (unpaired) electrons. The van der Waals surface area contributed by atoms with E-state index in [0.29, 0.717) is 0 Å². The molecule has 1 aliphatic heterocycles. The first-order chi connectivity index (χ1) is 10.4. The number of ether oxygens (including phenoxy) is 1. The van der Waals surface area contributed by atoms with Gasteiger partial charge in [-0.05, 0) is 5.53 Å². The molecule has 0 bridgehead atoms. The molecule has 1 aromatic rings. The van der Waals surface area contributed by atoms with Gasteiger partial charge in [-0.15, -0.1) is 0 Å². The Bertz CT molecular complexity index is 620. The third-order valence-electron chi connectivity index (χ3n) is 2.96. The van der Waals surface area contributed by atoms with E-state index in [9.17, 15) is 20.3 Å². The number of aliphatic hydroxyl groups excluding tert-OH is 2. The van der Waals surface area contributed by atoms with Crippen LogP contribution in [0.25, 0.3) is 10.4 Å². The van der Waals surface area contributed by atoms with Gasteiger partial charge in [0, 0.05) is 11.3 Å². The lowest BCUT2D eigenvalue weighted by Gasteiger charge is -2.17. The number of nitrogens with two attached hydrogens (primary N) is 1. The fraction of sp³-hybridized carbons (Fsp3) is 0.556. The molecule has 5 N–H and O–H groups in total. The summed E-state index contributed by atoms with van der Waals surface area (Å²) < 4.78 is 5.27. The van der Waals surface area contributed by atoms with Gasteiger partial charge in [0.25, 0.3) is 0 Å². The summed E-state index contributed by atoms with van der Waals surface area (Å²) in [7, 11) is 0. The van der Waals surface area contributed by atoms with Crippen LogP contribution >= 0.6 is 0 Å². The average molecular weight is 312 g/mol. The van der Waals surface area contributed by atoms with E-state index in [2.05, 4.69) is 25.3 Å². The van der Waals surface area contributed by atoms with Crippen molar-refractivity contribution in [3.63, 3.8) is 0 Å². The topological polar surface area (TPSA) is 205 Å². The van der Waals surface area contributed by atoms with Gasteiger partial charge in [0.15, 0.2) is 12.5 Å². The van der Waals surface area contributed by atoms with Crippen LogP contribution in [0.3, 0.4) is 0 Å². The average Bonchev–Trinajstić information content (AvgIpc) is 2.80. The number of rotatable bonds is 5. The van der Waals surface area contributed by atoms with E-state index in [1.165, 1.54) is 0 Å². The summed E-state index contributed by atoms with van der Waals surface area (Å²) in [6.07, 6.45) is -3.67. The second kappa shape index (κ2) is 6.36. The normalized spacial score (nSPS) is 25.3. The van der Waals surface area contributed by atoms with Gasteiger partial charge in [0.2, 0.25) is 11.6 Å². The molecule has 0 amide bonds. The zero-order valence-corrected chi connectivity index (χ0v) is 11.0. The molecule has 13 heteroatoms. The first kappa shape index (κ1) is 15.7. The van der Waals surface area contributed by atoms with Gasteiger partial charge in [0.05, 0.1) is 11.0 Å². The monoisotopic (exact) mass is 312 g/mol. The zero-order chi connectivity index (χ0) is 16.3. The molecule has 13 nitrogen and oxygen atoms in total. The summed E-state index contributed by atoms with van der Waals surface area (Å²) in [4.78, 5) is 19.8. The Labute approximate surface area is 122 Å². The van der Waals surface area contributed by atoms with Crippen molar-refractivity contribution in [2.75, 3.05) is 11.1 Å². The minimum atomic E-state index is -1.49. The Morgan fingerprint density at radius 2 is 2.41 bits per heavy atom. The molecule has 2 heterocycles. The van der Waals surface area contributed by atoms with Gasteiger partial charge in [0.1, 0.15) is 12.4 Å². The molecule has 1 aliphatic rings. The molecule has 1 aromatic heterocycles. The molecular weight excluding hydrogens is 300 g/mol. The number of azide groups is 1. The highest BCUT2D eigenvalue weighted by Crippen LogP contribution is 2.30. The van der Waals surface area contributed by atoms with Crippen LogP contribution in [0.4, 0.5) is 17.3 Å². The number of nitrogens with zero attached hydrogens (tertiary/aromatic N) is 6. The Balaban J connectivity index is 2.17. The molecule has 1 saturated heterocycles. The maximum Gasteiger partial charge on any atom is 0.353 e. The summed E-state index contributed by atoms with van der Waals surface area (Å²) in [5, 5.41) is 35.9. The van der Waals surface area contributed by atoms with Crippen molar-refractivity contribution in [2.24, 2.45) is 5.11 Å². The smallest absolute Gasteiger partial charge is 0.353 e. The molecule has 1 fully saturated rings. The lowest BCUT2D eigenvalue weighted by Crippen LogP contribution is -2.31. The molecule has 118 valence electrons. The number of aliphatic hydroxyl groups is 2. The van der Waals surface area contributed by atoms with Crippen LogP contribution in [0, 0.1) is 10.1 Å². The predicted octanol–water partition coefficient (Wildman–Crippen LogP) is -0.516. The van der Waals surface area contributed by atoms with Crippen molar-refractivity contribution >= 4 is 17.3 Å². The maximum absolute atomic E-state index is 11.0. The number of anilines is 2. The van der Waals surface area contributed by atoms with Crippen molar-refractivity contribution in [3.8, 4) is 0 Å². The third kappa shape index (κ3) is 3.12. The summed E-state index contributed by atoms with van der Waals surface area (Å²) in [5.74, 6) is -0.582. The van der Waals surface area contributed by atoms with Gasteiger partial charge in [-0.1, -0.05) is 5.11 Å². The SMILES string of the molecule is [N-]=[N+]=NC(O)[C@@H]1C[C@@H](O)[C@H](Nc2ncnc(N)c2[N+](=O)[O-])O1. The van der Waals surface area contributed by atoms with Crippen LogP contribution < -0.4 is 11.1 Å². The van der Waals surface area contributed by atoms with E-state index < -0.39 is 35.3 Å². The van der Waals surface area contributed by atoms with Crippen molar-refractivity contribution < 1.29 is 19.9 Å². The third-order valence-corrected chi connectivity index (χ3v) is 2.96. The Kier molecular flexibility index (Phi) is 4.53. The number of hydrogen-bond donors (Lipinski definition) is 4. The number of aromatic nitrogens is 2. The minimum absolute atomic E-state index is 0.0355. The molecule has 22 heavy (non-hydrogen) atoms. The van der Waals surface area contributed by atoms with Crippen LogP contribution in [0.1, 0.15) is 6.42 Å². The summed E-state index contributed by atoms with van der Waals surface area (Å²) >= 11 is 0. The van der Waals surface area contributed by atoms with Gasteiger partial charge in [-0.25, -0.2) is 9.97 Å². The number of nitro groups is 1. The van der Waals surface area contributed by atoms with Crippen molar-refractivity contribution in [1.82, 2.24) is 9.97 Å². The molecule has 2 rings (SSSR count). The van der Waals surface area contributed by atoms with Gasteiger partial charge < -0.3 is 26.0 Å². The van der Waals surface area contributed by atoms with Gasteiger partial charge >= 0.3 is 5.69 Å². The van der Waals surface area contributed by atoms with Crippen LogP contribution in [0.2, 0.25) is 0 Å². The van der Waals surface area contributed by atoms with Crippen LogP contribution in [0.15, 0.2) is 11.4 Å². The van der Waals surface area contributed by atoms with Crippen molar-refractivity contribution in [3.05, 3.63) is 26.9 Å². The van der Waals surface area contributed by atoms with E-state index in [0.717, 1.165) is 6.33 Å². The lowest BCUT2D eigenvalue weighted by atomic mass is 10.2. The van der Waals surface area contributed by atoms with E-state index in [1.54, 1.807) is 0 Å². The van der Waals surface area contributed by atoms with E-state index in [1.807, 2.05) is 0 Å². The highest BCUT2D eigenvalue weighted by atomic mass is 16.6. The summed E-state index contributed by atoms with van der Waals surface area (Å²) in [5.41, 5.74) is 13.1. The highest BCUT2D eigenvalue weighted by molar-refractivity contribution is 5.67. The molecular formula is C9H12N8O5. The highest BCUT2D eigenvalue weighted by Gasteiger charge is 2.39. The Hall–Kier alpha value is -2.73. The number of hydrogen-bond acceptors (Lipinski definition) is 10. The van der Waals surface area contributed by atoms with Crippen LogP contribution in [-0.4, -0.2) is 49.8 Å². The largest absolute Gasteiger partial charge is 0.388 e. The second-order valence-electron chi connectivity index (χ2n) is 4.37. The van der Waals surface area contributed by atoms with Crippen LogP contribution in [-0.2, 0) is 4.74 Å². The van der Waals surface area contributed by atoms with Crippen LogP contribution in [0.5, 0.6) is 0 Å². The molecule has 4 atom stereocenters. The first-order valence-corrected chi connectivity index (χ1v) is 6.01. The summed E-state index contributed by atoms with van der Waals surface area (Å²) in [6.45, 7) is 0. The fourth-order valence-electron chi connectivity index (χ4n) is 1.96. The Morgan fingerprint density at radius 1 is 1.68 bits per heavy atom. The quantitative estimate of drug-likeness (QED) is 0.181. The zero-order valence-electron chi connectivity index (χ0n) is 11.0. The first-order valence-electron chi connectivity index (χ1n) is 6.01. The van der Waals surface area contributed by atoms with E-state index in [-0.39, 0.29) is 18.1 Å². The molecule has 0 spiro atoms. The maximum atomic E-state index is 11.0. The minimum Gasteiger partial charge on any atom is -0.388 e. The lowest BCUT2D eigenvalue weighted by molar-refractivity contribution is -0.383. The molecule has 0 aromatic carbocycles. The van der Waals surface area contributed by atoms with Crippen molar-refractivity contribution in [2.45, 2.75) is 31.1 Å². The Morgan fingerprint density at radius 3 is 3.05 bits per heavy atom.